The molecule has 1 saturated heterocycles. The number of anilines is 1. The number of rotatable bonds is 5. The van der Waals surface area contributed by atoms with E-state index >= 15 is 0 Å². The smallest absolute Gasteiger partial charge is 0.325 e. The lowest BCUT2D eigenvalue weighted by molar-refractivity contribution is -0.140. The highest BCUT2D eigenvalue weighted by Crippen LogP contribution is 2.28. The van der Waals surface area contributed by atoms with Crippen molar-refractivity contribution in [2.75, 3.05) is 18.6 Å². The zero-order valence-electron chi connectivity index (χ0n) is 15.0. The third kappa shape index (κ3) is 4.30. The lowest BCUT2D eigenvalue weighted by Gasteiger charge is -2.19. The highest BCUT2D eigenvalue weighted by atomic mass is 35.5. The fourth-order valence-electron chi connectivity index (χ4n) is 2.68. The minimum absolute atomic E-state index is 0.157. The van der Waals surface area contributed by atoms with Crippen LogP contribution >= 0.6 is 23.8 Å². The lowest BCUT2D eigenvalue weighted by atomic mass is 10.2. The van der Waals surface area contributed by atoms with E-state index in [0.717, 1.165) is 5.56 Å². The van der Waals surface area contributed by atoms with Crippen LogP contribution in [0.2, 0.25) is 5.02 Å². The number of ether oxygens (including phenoxy) is 1. The molecule has 0 N–H and O–H groups in total. The number of halogens is 1. The Morgan fingerprint density at radius 3 is 2.46 bits per heavy atom. The summed E-state index contributed by atoms with van der Waals surface area (Å²) in [4.78, 5) is 27.7. The minimum Gasteiger partial charge on any atom is -0.468 e. The number of carbonyl (C=O) groups excluding carboxylic acids is 2. The Morgan fingerprint density at radius 2 is 1.82 bits per heavy atom. The van der Waals surface area contributed by atoms with Crippen LogP contribution in [-0.4, -0.2) is 35.5 Å². The lowest BCUT2D eigenvalue weighted by Crippen LogP contribution is -2.35. The summed E-state index contributed by atoms with van der Waals surface area (Å²) in [5, 5.41) is 0.756. The second kappa shape index (κ2) is 8.82. The molecule has 1 aliphatic heterocycles. The van der Waals surface area contributed by atoms with Crippen molar-refractivity contribution >= 4 is 52.6 Å². The SMILES string of the molecule is COC(=O)CN1C(=S)N(c2ccc(Cl)cc2)C(=O)/C1=C/C=C/c1ccccc1. The summed E-state index contributed by atoms with van der Waals surface area (Å²) in [6.07, 6.45) is 5.26. The van der Waals surface area contributed by atoms with Crippen LogP contribution in [0.5, 0.6) is 0 Å². The van der Waals surface area contributed by atoms with Crippen molar-refractivity contribution in [3.8, 4) is 0 Å². The molecule has 142 valence electrons. The summed E-state index contributed by atoms with van der Waals surface area (Å²) in [6, 6.07) is 16.4. The normalized spacial score (nSPS) is 15.7. The minimum atomic E-state index is -0.494. The van der Waals surface area contributed by atoms with Gasteiger partial charge >= 0.3 is 5.97 Å². The molecule has 0 unspecified atom stereocenters. The molecule has 0 radical (unpaired) electrons. The van der Waals surface area contributed by atoms with Gasteiger partial charge in [-0.1, -0.05) is 54.1 Å². The second-order valence-electron chi connectivity index (χ2n) is 5.88. The number of carbonyl (C=O) groups is 2. The van der Waals surface area contributed by atoms with Crippen LogP contribution < -0.4 is 4.90 Å². The number of methoxy groups -OCH3 is 1. The average Bonchev–Trinajstić information content (AvgIpc) is 2.93. The topological polar surface area (TPSA) is 49.9 Å². The van der Waals surface area contributed by atoms with Crippen LogP contribution in [0.3, 0.4) is 0 Å². The Bertz CT molecular complexity index is 955. The first-order chi connectivity index (χ1) is 13.5. The maximum absolute atomic E-state index is 13.0. The maximum atomic E-state index is 13.0. The van der Waals surface area contributed by atoms with Crippen molar-refractivity contribution in [2.45, 2.75) is 0 Å². The fourth-order valence-corrected chi connectivity index (χ4v) is 3.16. The van der Waals surface area contributed by atoms with Gasteiger partial charge in [0.1, 0.15) is 12.2 Å². The predicted molar refractivity (Wildman–Crippen MR) is 114 cm³/mol. The Labute approximate surface area is 173 Å². The monoisotopic (exact) mass is 412 g/mol. The Hall–Kier alpha value is -2.96. The molecule has 0 aliphatic carbocycles. The summed E-state index contributed by atoms with van der Waals surface area (Å²) in [6.45, 7) is -0.157. The van der Waals surface area contributed by atoms with Gasteiger partial charge in [-0.3, -0.25) is 14.5 Å². The summed E-state index contributed by atoms with van der Waals surface area (Å²) in [5.74, 6) is -0.819. The summed E-state index contributed by atoms with van der Waals surface area (Å²) >= 11 is 11.4. The quantitative estimate of drug-likeness (QED) is 0.421. The Balaban J connectivity index is 1.94. The van der Waals surface area contributed by atoms with Crippen molar-refractivity contribution in [1.82, 2.24) is 4.90 Å². The zero-order chi connectivity index (χ0) is 20.1. The van der Waals surface area contributed by atoms with Crippen LogP contribution in [0, 0.1) is 0 Å². The van der Waals surface area contributed by atoms with Crippen LogP contribution in [-0.2, 0) is 14.3 Å². The van der Waals surface area contributed by atoms with E-state index in [4.69, 9.17) is 28.6 Å². The summed E-state index contributed by atoms with van der Waals surface area (Å²) in [7, 11) is 1.29. The molecule has 1 aliphatic rings. The number of thiocarbonyl (C=S) groups is 1. The van der Waals surface area contributed by atoms with Gasteiger partial charge < -0.3 is 9.64 Å². The van der Waals surface area contributed by atoms with Crippen molar-refractivity contribution in [3.63, 3.8) is 0 Å². The van der Waals surface area contributed by atoms with E-state index in [1.165, 1.54) is 16.9 Å². The number of allylic oxidation sites excluding steroid dienone is 2. The highest BCUT2D eigenvalue weighted by Gasteiger charge is 2.39. The number of amides is 1. The van der Waals surface area contributed by atoms with Gasteiger partial charge in [-0.05, 0) is 48.1 Å². The van der Waals surface area contributed by atoms with Crippen LogP contribution in [0.1, 0.15) is 5.56 Å². The summed E-state index contributed by atoms with van der Waals surface area (Å²) in [5.41, 5.74) is 1.85. The van der Waals surface area contributed by atoms with E-state index in [1.807, 2.05) is 36.4 Å². The number of benzene rings is 2. The van der Waals surface area contributed by atoms with Gasteiger partial charge in [0.2, 0.25) is 0 Å². The highest BCUT2D eigenvalue weighted by molar-refractivity contribution is 7.80. The third-order valence-corrected chi connectivity index (χ3v) is 4.73. The average molecular weight is 413 g/mol. The Morgan fingerprint density at radius 1 is 1.14 bits per heavy atom. The number of hydrogen-bond donors (Lipinski definition) is 0. The number of esters is 1. The molecule has 2 aromatic carbocycles. The first kappa shape index (κ1) is 19.8. The summed E-state index contributed by atoms with van der Waals surface area (Å²) < 4.78 is 4.74. The van der Waals surface area contributed by atoms with Crippen molar-refractivity contribution in [2.24, 2.45) is 0 Å². The molecule has 1 fully saturated rings. The van der Waals surface area contributed by atoms with E-state index in [0.29, 0.717) is 10.7 Å². The van der Waals surface area contributed by atoms with Crippen LogP contribution in [0.25, 0.3) is 6.08 Å². The predicted octanol–water partition coefficient (Wildman–Crippen LogP) is 4.04. The van der Waals surface area contributed by atoms with E-state index in [-0.39, 0.29) is 23.3 Å². The van der Waals surface area contributed by atoms with Crippen molar-refractivity contribution < 1.29 is 14.3 Å². The van der Waals surface area contributed by atoms with Crippen LogP contribution in [0.15, 0.2) is 72.4 Å². The first-order valence-electron chi connectivity index (χ1n) is 8.43. The van der Waals surface area contributed by atoms with Gasteiger partial charge in [0, 0.05) is 5.02 Å². The largest absolute Gasteiger partial charge is 0.468 e. The van der Waals surface area contributed by atoms with Gasteiger partial charge in [0.15, 0.2) is 5.11 Å². The third-order valence-electron chi connectivity index (χ3n) is 4.08. The number of nitrogens with zero attached hydrogens (tertiary/aromatic N) is 2. The zero-order valence-corrected chi connectivity index (χ0v) is 16.6. The molecule has 0 aromatic heterocycles. The number of hydrogen-bond acceptors (Lipinski definition) is 4. The molecular formula is C21H17ClN2O3S. The molecule has 0 saturated carbocycles. The molecule has 3 rings (SSSR count). The van der Waals surface area contributed by atoms with Gasteiger partial charge in [0.05, 0.1) is 12.8 Å². The molecule has 5 nitrogen and oxygen atoms in total. The molecule has 7 heteroatoms. The second-order valence-corrected chi connectivity index (χ2v) is 6.69. The Kier molecular flexibility index (Phi) is 6.23. The van der Waals surface area contributed by atoms with Gasteiger partial charge in [-0.25, -0.2) is 0 Å². The van der Waals surface area contributed by atoms with Gasteiger partial charge in [-0.2, -0.15) is 0 Å². The van der Waals surface area contributed by atoms with E-state index in [2.05, 4.69) is 0 Å². The van der Waals surface area contributed by atoms with Crippen molar-refractivity contribution in [3.05, 3.63) is 83.0 Å². The molecule has 28 heavy (non-hydrogen) atoms. The molecule has 0 atom stereocenters. The molecular weight excluding hydrogens is 396 g/mol. The van der Waals surface area contributed by atoms with E-state index < -0.39 is 5.97 Å². The maximum Gasteiger partial charge on any atom is 0.325 e. The van der Waals surface area contributed by atoms with Gasteiger partial charge in [-0.15, -0.1) is 0 Å². The van der Waals surface area contributed by atoms with Gasteiger partial charge in [0.25, 0.3) is 5.91 Å². The van der Waals surface area contributed by atoms with E-state index in [9.17, 15) is 9.59 Å². The fraction of sp³-hybridized carbons (Fsp3) is 0.0952. The van der Waals surface area contributed by atoms with E-state index in [1.54, 1.807) is 36.4 Å². The van der Waals surface area contributed by atoms with Crippen LogP contribution in [0.4, 0.5) is 5.69 Å². The molecule has 2 aromatic rings. The van der Waals surface area contributed by atoms with Crippen molar-refractivity contribution in [1.29, 1.82) is 0 Å². The molecule has 1 amide bonds. The standard InChI is InChI=1S/C21H17ClN2O3S/c1-27-19(25)14-23-18(9-5-8-15-6-3-2-4-7-15)20(26)24(21(23)28)17-12-10-16(22)11-13-17/h2-13H,14H2,1H3/b8-5+,18-9-. The molecule has 0 bridgehead atoms. The first-order valence-corrected chi connectivity index (χ1v) is 9.21. The molecule has 0 spiro atoms. The molecule has 1 heterocycles.